The van der Waals surface area contributed by atoms with Crippen LogP contribution in [0.2, 0.25) is 0 Å². The summed E-state index contributed by atoms with van der Waals surface area (Å²) >= 11 is 0. The normalized spacial score (nSPS) is 25.6. The van der Waals surface area contributed by atoms with E-state index in [1.807, 2.05) is 23.1 Å². The van der Waals surface area contributed by atoms with Gasteiger partial charge in [0.25, 0.3) is 0 Å². The maximum atomic E-state index is 12.3. The third kappa shape index (κ3) is 1.86. The predicted molar refractivity (Wildman–Crippen MR) is 69.8 cm³/mol. The summed E-state index contributed by atoms with van der Waals surface area (Å²) in [5.41, 5.74) is 8.00. The molecule has 2 N–H and O–H groups in total. The van der Waals surface area contributed by atoms with Crippen molar-refractivity contribution in [3.8, 4) is 5.75 Å². The number of fused-ring (bicyclic) bond motifs is 1. The van der Waals surface area contributed by atoms with E-state index in [4.69, 9.17) is 10.5 Å². The highest BCUT2D eigenvalue weighted by Gasteiger charge is 2.43. The van der Waals surface area contributed by atoms with E-state index in [-0.39, 0.29) is 17.9 Å². The number of ether oxygens (including phenoxy) is 1. The fourth-order valence-corrected chi connectivity index (χ4v) is 2.63. The van der Waals surface area contributed by atoms with Crippen LogP contribution in [0.4, 0.5) is 5.69 Å². The summed E-state index contributed by atoms with van der Waals surface area (Å²) < 4.78 is 5.23. The lowest BCUT2D eigenvalue weighted by atomic mass is 10.0. The Kier molecular flexibility index (Phi) is 2.74. The Hall–Kier alpha value is -1.55. The Labute approximate surface area is 107 Å². The summed E-state index contributed by atoms with van der Waals surface area (Å²) in [5, 5.41) is 0. The molecular formula is C14H18N2O2. The van der Waals surface area contributed by atoms with Gasteiger partial charge < -0.3 is 15.4 Å². The second-order valence-corrected chi connectivity index (χ2v) is 5.09. The minimum atomic E-state index is 0.0399. The Morgan fingerprint density at radius 1 is 1.50 bits per heavy atom. The van der Waals surface area contributed by atoms with Crippen molar-refractivity contribution < 1.29 is 9.53 Å². The molecule has 0 saturated heterocycles. The van der Waals surface area contributed by atoms with Gasteiger partial charge in [0.05, 0.1) is 13.0 Å². The number of methoxy groups -OCH3 is 1. The van der Waals surface area contributed by atoms with Crippen molar-refractivity contribution in [2.45, 2.75) is 25.3 Å². The molecule has 0 radical (unpaired) electrons. The van der Waals surface area contributed by atoms with Crippen molar-refractivity contribution in [3.05, 3.63) is 23.8 Å². The number of hydrogen-bond acceptors (Lipinski definition) is 3. The molecule has 1 saturated carbocycles. The summed E-state index contributed by atoms with van der Waals surface area (Å²) in [6.07, 6.45) is 2.85. The minimum absolute atomic E-state index is 0.0399. The molecule has 4 nitrogen and oxygen atoms in total. The summed E-state index contributed by atoms with van der Waals surface area (Å²) in [6, 6.07) is 6.00. The first-order valence-electron chi connectivity index (χ1n) is 6.44. The number of nitrogens with two attached hydrogens (primary N) is 1. The topological polar surface area (TPSA) is 55.6 Å². The number of anilines is 1. The molecule has 1 amide bonds. The number of nitrogens with zero attached hydrogens (tertiary/aromatic N) is 1. The Morgan fingerprint density at radius 3 is 2.94 bits per heavy atom. The maximum absolute atomic E-state index is 12.3. The van der Waals surface area contributed by atoms with Gasteiger partial charge in [-0.3, -0.25) is 4.79 Å². The summed E-state index contributed by atoms with van der Waals surface area (Å²) in [4.78, 5) is 14.2. The first-order valence-corrected chi connectivity index (χ1v) is 6.44. The number of rotatable bonds is 2. The monoisotopic (exact) mass is 246 g/mol. The van der Waals surface area contributed by atoms with Crippen LogP contribution in [0.15, 0.2) is 18.2 Å². The quantitative estimate of drug-likeness (QED) is 0.856. The Morgan fingerprint density at radius 2 is 2.28 bits per heavy atom. The van der Waals surface area contributed by atoms with Gasteiger partial charge in [-0.25, -0.2) is 0 Å². The highest BCUT2D eigenvalue weighted by atomic mass is 16.5. The van der Waals surface area contributed by atoms with Crippen LogP contribution in [0.5, 0.6) is 5.75 Å². The third-order valence-electron chi connectivity index (χ3n) is 3.83. The van der Waals surface area contributed by atoms with E-state index in [9.17, 15) is 4.79 Å². The Balaban J connectivity index is 1.89. The van der Waals surface area contributed by atoms with Gasteiger partial charge in [-0.2, -0.15) is 0 Å². The number of carbonyl (C=O) groups is 1. The van der Waals surface area contributed by atoms with E-state index < -0.39 is 0 Å². The van der Waals surface area contributed by atoms with Gasteiger partial charge >= 0.3 is 0 Å². The zero-order valence-electron chi connectivity index (χ0n) is 10.6. The first-order chi connectivity index (χ1) is 8.70. The van der Waals surface area contributed by atoms with Crippen LogP contribution in [0.1, 0.15) is 18.4 Å². The lowest BCUT2D eigenvalue weighted by molar-refractivity contribution is -0.119. The van der Waals surface area contributed by atoms with Crippen molar-refractivity contribution in [2.75, 3.05) is 18.6 Å². The second kappa shape index (κ2) is 4.28. The van der Waals surface area contributed by atoms with Crippen LogP contribution in [0.25, 0.3) is 0 Å². The number of carbonyl (C=O) groups excluding carboxylic acids is 1. The predicted octanol–water partition coefficient (Wildman–Crippen LogP) is 1.32. The molecule has 0 bridgehead atoms. The molecule has 4 heteroatoms. The molecule has 18 heavy (non-hydrogen) atoms. The van der Waals surface area contributed by atoms with Crippen molar-refractivity contribution >= 4 is 11.6 Å². The molecule has 96 valence electrons. The number of aryl methyl sites for hydroxylation is 1. The maximum Gasteiger partial charge on any atom is 0.231 e. The van der Waals surface area contributed by atoms with Crippen molar-refractivity contribution in [1.29, 1.82) is 0 Å². The standard InChI is InChI=1S/C14H18N2O2/c1-18-10-4-5-13-9(7-10)3-2-6-16(13)14(17)11-8-12(11)15/h4-5,7,11-12H,2-3,6,8,15H2,1H3. The average Bonchev–Trinajstić information content (AvgIpc) is 3.13. The molecule has 1 aromatic rings. The molecule has 2 unspecified atom stereocenters. The van der Waals surface area contributed by atoms with Crippen molar-refractivity contribution in [3.63, 3.8) is 0 Å². The van der Waals surface area contributed by atoms with Crippen LogP contribution in [0.3, 0.4) is 0 Å². The van der Waals surface area contributed by atoms with Crippen LogP contribution < -0.4 is 15.4 Å². The van der Waals surface area contributed by atoms with Crippen LogP contribution >= 0.6 is 0 Å². The van der Waals surface area contributed by atoms with Gasteiger partial charge in [0.15, 0.2) is 0 Å². The average molecular weight is 246 g/mol. The SMILES string of the molecule is COc1ccc2c(c1)CCCN2C(=O)C1CC1N. The molecule has 2 aliphatic rings. The molecule has 1 aliphatic heterocycles. The summed E-state index contributed by atoms with van der Waals surface area (Å²) in [6.45, 7) is 0.807. The van der Waals surface area contributed by atoms with Crippen LogP contribution in [0, 0.1) is 5.92 Å². The lowest BCUT2D eigenvalue weighted by Crippen LogP contribution is -2.37. The van der Waals surface area contributed by atoms with Gasteiger partial charge in [-0.15, -0.1) is 0 Å². The van der Waals surface area contributed by atoms with E-state index in [1.54, 1.807) is 7.11 Å². The number of benzene rings is 1. The molecule has 3 rings (SSSR count). The third-order valence-corrected chi connectivity index (χ3v) is 3.83. The highest BCUT2D eigenvalue weighted by Crippen LogP contribution is 2.36. The summed E-state index contributed by atoms with van der Waals surface area (Å²) in [7, 11) is 1.66. The largest absolute Gasteiger partial charge is 0.497 e. The number of amides is 1. The van der Waals surface area contributed by atoms with E-state index in [2.05, 4.69) is 0 Å². The molecule has 0 aromatic heterocycles. The van der Waals surface area contributed by atoms with Crippen molar-refractivity contribution in [2.24, 2.45) is 11.7 Å². The Bertz CT molecular complexity index is 487. The molecule has 1 aromatic carbocycles. The molecule has 1 aliphatic carbocycles. The van der Waals surface area contributed by atoms with E-state index in [1.165, 1.54) is 5.56 Å². The van der Waals surface area contributed by atoms with E-state index in [0.717, 1.165) is 37.2 Å². The lowest BCUT2D eigenvalue weighted by Gasteiger charge is -2.30. The van der Waals surface area contributed by atoms with Crippen LogP contribution in [-0.4, -0.2) is 25.6 Å². The smallest absolute Gasteiger partial charge is 0.231 e. The van der Waals surface area contributed by atoms with Gasteiger partial charge in [-0.05, 0) is 43.0 Å². The minimum Gasteiger partial charge on any atom is -0.497 e. The second-order valence-electron chi connectivity index (χ2n) is 5.09. The highest BCUT2D eigenvalue weighted by molar-refractivity contribution is 5.98. The zero-order chi connectivity index (χ0) is 12.7. The number of hydrogen-bond donors (Lipinski definition) is 1. The van der Waals surface area contributed by atoms with Gasteiger partial charge in [0, 0.05) is 18.3 Å². The van der Waals surface area contributed by atoms with Crippen molar-refractivity contribution in [1.82, 2.24) is 0 Å². The van der Waals surface area contributed by atoms with E-state index >= 15 is 0 Å². The molecule has 0 spiro atoms. The van der Waals surface area contributed by atoms with Gasteiger partial charge in [0.2, 0.25) is 5.91 Å². The first kappa shape index (κ1) is 11.5. The zero-order valence-corrected chi connectivity index (χ0v) is 10.6. The van der Waals surface area contributed by atoms with Crippen LogP contribution in [-0.2, 0) is 11.2 Å². The van der Waals surface area contributed by atoms with E-state index in [0.29, 0.717) is 0 Å². The fraction of sp³-hybridized carbons (Fsp3) is 0.500. The molecular weight excluding hydrogens is 228 g/mol. The molecule has 2 atom stereocenters. The fourth-order valence-electron chi connectivity index (χ4n) is 2.63. The summed E-state index contributed by atoms with van der Waals surface area (Å²) in [5.74, 6) is 1.08. The van der Waals surface area contributed by atoms with Gasteiger partial charge in [-0.1, -0.05) is 0 Å². The van der Waals surface area contributed by atoms with Gasteiger partial charge in [0.1, 0.15) is 5.75 Å². The molecule has 1 fully saturated rings. The molecule has 1 heterocycles.